The summed E-state index contributed by atoms with van der Waals surface area (Å²) in [5.74, 6) is -1.80. The first-order valence-electron chi connectivity index (χ1n) is 7.36. The van der Waals surface area contributed by atoms with Crippen molar-refractivity contribution in [3.63, 3.8) is 0 Å². The highest BCUT2D eigenvalue weighted by molar-refractivity contribution is 7.91. The van der Waals surface area contributed by atoms with E-state index in [9.17, 15) is 17.6 Å². The van der Waals surface area contributed by atoms with Crippen LogP contribution in [0.2, 0.25) is 0 Å². The number of carbonyl (C=O) groups is 1. The fraction of sp³-hybridized carbons (Fsp3) is 0.235. The van der Waals surface area contributed by atoms with E-state index in [1.807, 2.05) is 6.92 Å². The summed E-state index contributed by atoms with van der Waals surface area (Å²) >= 11 is 0. The van der Waals surface area contributed by atoms with Gasteiger partial charge < -0.3 is 10.1 Å². The number of hydrogen-bond acceptors (Lipinski definition) is 4. The number of halogens is 1. The molecule has 0 saturated heterocycles. The third-order valence-corrected chi connectivity index (χ3v) is 4.56. The molecule has 0 aromatic heterocycles. The van der Waals surface area contributed by atoms with Crippen LogP contribution in [0.5, 0.6) is 5.75 Å². The molecule has 0 aliphatic heterocycles. The highest BCUT2D eigenvalue weighted by Crippen LogP contribution is 2.23. The van der Waals surface area contributed by atoms with Crippen LogP contribution in [-0.4, -0.2) is 26.7 Å². The van der Waals surface area contributed by atoms with E-state index in [1.54, 1.807) is 24.3 Å². The molecule has 1 N–H and O–H groups in total. The molecule has 2 rings (SSSR count). The first-order chi connectivity index (χ1) is 11.4. The van der Waals surface area contributed by atoms with E-state index in [0.29, 0.717) is 23.6 Å². The number of hydrogen-bond donors (Lipinski definition) is 1. The molecule has 5 nitrogen and oxygen atoms in total. The Labute approximate surface area is 140 Å². The fourth-order valence-electron chi connectivity index (χ4n) is 2.17. The highest BCUT2D eigenvalue weighted by Gasteiger charge is 2.18. The molecule has 0 saturated carbocycles. The Morgan fingerprint density at radius 3 is 2.62 bits per heavy atom. The van der Waals surface area contributed by atoms with E-state index in [1.165, 1.54) is 18.2 Å². The maximum absolute atomic E-state index is 13.1. The Morgan fingerprint density at radius 1 is 1.17 bits per heavy atom. The van der Waals surface area contributed by atoms with Crippen molar-refractivity contribution >= 4 is 21.4 Å². The van der Waals surface area contributed by atoms with Crippen molar-refractivity contribution < 1.29 is 22.3 Å². The number of benzene rings is 2. The van der Waals surface area contributed by atoms with Crippen molar-refractivity contribution in [3.8, 4) is 5.75 Å². The Morgan fingerprint density at radius 2 is 1.92 bits per heavy atom. The normalized spacial score (nSPS) is 11.1. The third kappa shape index (κ3) is 5.34. The molecule has 0 aliphatic carbocycles. The van der Waals surface area contributed by atoms with Crippen LogP contribution >= 0.6 is 0 Å². The third-order valence-electron chi connectivity index (χ3n) is 3.09. The number of anilines is 1. The Balaban J connectivity index is 2.03. The average Bonchev–Trinajstić information content (AvgIpc) is 2.48. The van der Waals surface area contributed by atoms with E-state index < -0.39 is 33.1 Å². The minimum absolute atomic E-state index is 0.303. The summed E-state index contributed by atoms with van der Waals surface area (Å²) in [4.78, 5) is 12.0. The van der Waals surface area contributed by atoms with Gasteiger partial charge in [-0.2, -0.15) is 0 Å². The SMILES string of the molecule is CCOc1ccccc1NC(=O)CS(=O)(=O)Cc1cccc(F)c1. The second-order valence-electron chi connectivity index (χ2n) is 5.14. The van der Waals surface area contributed by atoms with Crippen molar-refractivity contribution in [3.05, 3.63) is 59.9 Å². The van der Waals surface area contributed by atoms with Crippen LogP contribution < -0.4 is 10.1 Å². The summed E-state index contributed by atoms with van der Waals surface area (Å²) in [7, 11) is -3.72. The fourth-order valence-corrected chi connectivity index (χ4v) is 3.43. The van der Waals surface area contributed by atoms with Gasteiger partial charge in [0.15, 0.2) is 9.84 Å². The summed E-state index contributed by atoms with van der Waals surface area (Å²) in [6.07, 6.45) is 0. The molecule has 0 radical (unpaired) electrons. The Bertz CT molecular complexity index is 821. The predicted octanol–water partition coefficient (Wildman–Crippen LogP) is 2.78. The molecule has 0 unspecified atom stereocenters. The van der Waals surface area contributed by atoms with Crippen molar-refractivity contribution in [2.75, 3.05) is 17.7 Å². The molecular formula is C17H18FNO4S. The molecule has 1 amide bonds. The number of rotatable bonds is 7. The zero-order chi connectivity index (χ0) is 17.6. The first-order valence-corrected chi connectivity index (χ1v) is 9.18. The summed E-state index contributed by atoms with van der Waals surface area (Å²) in [5, 5.41) is 2.53. The van der Waals surface area contributed by atoms with Crippen molar-refractivity contribution in [2.45, 2.75) is 12.7 Å². The van der Waals surface area contributed by atoms with Gasteiger partial charge >= 0.3 is 0 Å². The maximum atomic E-state index is 13.1. The van der Waals surface area contributed by atoms with E-state index in [4.69, 9.17) is 4.74 Å². The van der Waals surface area contributed by atoms with Gasteiger partial charge in [-0.25, -0.2) is 12.8 Å². The summed E-state index contributed by atoms with van der Waals surface area (Å²) in [5.41, 5.74) is 0.711. The van der Waals surface area contributed by atoms with Gasteiger partial charge in [-0.05, 0) is 36.8 Å². The van der Waals surface area contributed by atoms with Gasteiger partial charge in [0, 0.05) is 0 Å². The van der Waals surface area contributed by atoms with E-state index in [0.717, 1.165) is 6.07 Å². The minimum atomic E-state index is -3.72. The Hall–Kier alpha value is -2.41. The first kappa shape index (κ1) is 17.9. The van der Waals surface area contributed by atoms with Crippen LogP contribution in [0.25, 0.3) is 0 Å². The van der Waals surface area contributed by atoms with Gasteiger partial charge in [0.1, 0.15) is 17.3 Å². The van der Waals surface area contributed by atoms with Crippen LogP contribution in [0.4, 0.5) is 10.1 Å². The molecule has 0 aliphatic rings. The van der Waals surface area contributed by atoms with Crippen LogP contribution in [0, 0.1) is 5.82 Å². The molecule has 2 aromatic carbocycles. The van der Waals surface area contributed by atoms with Gasteiger partial charge in [-0.15, -0.1) is 0 Å². The quantitative estimate of drug-likeness (QED) is 0.832. The van der Waals surface area contributed by atoms with Crippen LogP contribution in [0.1, 0.15) is 12.5 Å². The van der Waals surface area contributed by atoms with Crippen LogP contribution in [-0.2, 0) is 20.4 Å². The van der Waals surface area contributed by atoms with Gasteiger partial charge in [-0.3, -0.25) is 4.79 Å². The molecule has 0 heterocycles. The molecule has 0 bridgehead atoms. The smallest absolute Gasteiger partial charge is 0.239 e. The standard InChI is InChI=1S/C17H18FNO4S/c1-2-23-16-9-4-3-8-15(16)19-17(20)12-24(21,22)11-13-6-5-7-14(18)10-13/h3-10H,2,11-12H2,1H3,(H,19,20). The number of para-hydroxylation sites is 2. The predicted molar refractivity (Wildman–Crippen MR) is 90.1 cm³/mol. The average molecular weight is 351 g/mol. The summed E-state index contributed by atoms with van der Waals surface area (Å²) in [6.45, 7) is 2.23. The highest BCUT2D eigenvalue weighted by atomic mass is 32.2. The number of sulfone groups is 1. The maximum Gasteiger partial charge on any atom is 0.239 e. The minimum Gasteiger partial charge on any atom is -0.492 e. The number of nitrogens with one attached hydrogen (secondary N) is 1. The topological polar surface area (TPSA) is 72.5 Å². The largest absolute Gasteiger partial charge is 0.492 e. The lowest BCUT2D eigenvalue weighted by molar-refractivity contribution is -0.113. The number of carbonyl (C=O) groups excluding carboxylic acids is 1. The monoisotopic (exact) mass is 351 g/mol. The lowest BCUT2D eigenvalue weighted by Gasteiger charge is -2.11. The van der Waals surface area contributed by atoms with E-state index in [-0.39, 0.29) is 0 Å². The zero-order valence-corrected chi connectivity index (χ0v) is 14.0. The lowest BCUT2D eigenvalue weighted by atomic mass is 10.2. The van der Waals surface area contributed by atoms with E-state index in [2.05, 4.69) is 5.32 Å². The number of ether oxygens (including phenoxy) is 1. The molecule has 0 atom stereocenters. The van der Waals surface area contributed by atoms with Crippen LogP contribution in [0.3, 0.4) is 0 Å². The van der Waals surface area contributed by atoms with Crippen molar-refractivity contribution in [2.24, 2.45) is 0 Å². The molecule has 24 heavy (non-hydrogen) atoms. The van der Waals surface area contributed by atoms with Gasteiger partial charge in [0.2, 0.25) is 5.91 Å². The lowest BCUT2D eigenvalue weighted by Crippen LogP contribution is -2.24. The molecule has 0 fully saturated rings. The van der Waals surface area contributed by atoms with Gasteiger partial charge in [0.05, 0.1) is 18.0 Å². The second kappa shape index (κ2) is 7.92. The molecular weight excluding hydrogens is 333 g/mol. The van der Waals surface area contributed by atoms with Crippen molar-refractivity contribution in [1.29, 1.82) is 0 Å². The molecule has 2 aromatic rings. The van der Waals surface area contributed by atoms with Crippen LogP contribution in [0.15, 0.2) is 48.5 Å². The molecule has 0 spiro atoms. The summed E-state index contributed by atoms with van der Waals surface area (Å²) < 4.78 is 42.7. The second-order valence-corrected chi connectivity index (χ2v) is 7.20. The van der Waals surface area contributed by atoms with Gasteiger partial charge in [0.25, 0.3) is 0 Å². The number of amides is 1. The van der Waals surface area contributed by atoms with Gasteiger partial charge in [-0.1, -0.05) is 24.3 Å². The molecule has 128 valence electrons. The van der Waals surface area contributed by atoms with E-state index >= 15 is 0 Å². The zero-order valence-electron chi connectivity index (χ0n) is 13.2. The summed E-state index contributed by atoms with van der Waals surface area (Å²) in [6, 6.07) is 12.1. The van der Waals surface area contributed by atoms with Crippen molar-refractivity contribution in [1.82, 2.24) is 0 Å². The molecule has 7 heteroatoms. The Kier molecular flexibility index (Phi) is 5.92.